The summed E-state index contributed by atoms with van der Waals surface area (Å²) in [4.78, 5) is 34.8. The van der Waals surface area contributed by atoms with Crippen LogP contribution >= 0.6 is 23.2 Å². The van der Waals surface area contributed by atoms with Crippen LogP contribution in [0.4, 0.5) is 11.8 Å². The van der Waals surface area contributed by atoms with Gasteiger partial charge in [0.1, 0.15) is 5.75 Å². The van der Waals surface area contributed by atoms with Crippen LogP contribution in [0.15, 0.2) is 48.7 Å². The van der Waals surface area contributed by atoms with Crippen molar-refractivity contribution in [3.05, 3.63) is 64.3 Å². The zero-order valence-electron chi connectivity index (χ0n) is 19.5. The van der Waals surface area contributed by atoms with Crippen molar-refractivity contribution in [2.45, 2.75) is 6.42 Å². The van der Waals surface area contributed by atoms with Gasteiger partial charge in [0.15, 0.2) is 17.0 Å². The number of piperazine rings is 1. The predicted molar refractivity (Wildman–Crippen MR) is 140 cm³/mol. The number of benzene rings is 2. The Bertz CT molecular complexity index is 1440. The largest absolute Gasteiger partial charge is 0.497 e. The number of anilines is 2. The molecule has 2 aromatic heterocycles. The molecule has 4 aromatic rings. The van der Waals surface area contributed by atoms with E-state index >= 15 is 0 Å². The monoisotopic (exact) mass is 523 g/mol. The van der Waals surface area contributed by atoms with E-state index in [2.05, 4.69) is 19.9 Å². The summed E-state index contributed by atoms with van der Waals surface area (Å²) in [7, 11) is 1.61. The maximum absolute atomic E-state index is 12.9. The third-order valence-electron chi connectivity index (χ3n) is 6.03. The number of rotatable bonds is 5. The first kappa shape index (κ1) is 24.0. The van der Waals surface area contributed by atoms with Crippen LogP contribution < -0.4 is 15.4 Å². The van der Waals surface area contributed by atoms with Crippen molar-refractivity contribution in [3.63, 3.8) is 0 Å². The zero-order valence-corrected chi connectivity index (χ0v) is 21.0. The highest BCUT2D eigenvalue weighted by Gasteiger charge is 2.25. The summed E-state index contributed by atoms with van der Waals surface area (Å²) in [5, 5.41) is 1.00. The molecular weight excluding hydrogens is 501 g/mol. The molecule has 36 heavy (non-hydrogen) atoms. The number of carbonyl (C=O) groups excluding carboxylic acids is 1. The minimum atomic E-state index is 0.0643. The Hall–Kier alpha value is -3.69. The van der Waals surface area contributed by atoms with Gasteiger partial charge >= 0.3 is 0 Å². The van der Waals surface area contributed by atoms with Crippen molar-refractivity contribution >= 4 is 52.0 Å². The SMILES string of the molecule is COc1cccc(CC(=O)N2CCN(c3nc(N)nc4ncc(-c5ccc(Cl)cc5Cl)nc34)CC2)c1. The lowest BCUT2D eigenvalue weighted by atomic mass is 10.1. The minimum absolute atomic E-state index is 0.0643. The summed E-state index contributed by atoms with van der Waals surface area (Å²) < 4.78 is 5.26. The van der Waals surface area contributed by atoms with Crippen molar-refractivity contribution in [2.24, 2.45) is 0 Å². The molecule has 1 aliphatic heterocycles. The van der Waals surface area contributed by atoms with Crippen molar-refractivity contribution in [1.29, 1.82) is 0 Å². The van der Waals surface area contributed by atoms with Gasteiger partial charge in [-0.1, -0.05) is 35.3 Å². The number of methoxy groups -OCH3 is 1. The molecule has 0 bridgehead atoms. The lowest BCUT2D eigenvalue weighted by Crippen LogP contribution is -2.49. The summed E-state index contributed by atoms with van der Waals surface area (Å²) in [5.74, 6) is 1.49. The number of aromatic nitrogens is 4. The molecular formula is C25H23Cl2N7O2. The Morgan fingerprint density at radius 3 is 2.61 bits per heavy atom. The van der Waals surface area contributed by atoms with Crippen LogP contribution in [0, 0.1) is 0 Å². The number of amides is 1. The molecule has 1 saturated heterocycles. The molecule has 9 nitrogen and oxygen atoms in total. The van der Waals surface area contributed by atoms with Crippen molar-refractivity contribution in [3.8, 4) is 17.0 Å². The van der Waals surface area contributed by atoms with E-state index in [1.807, 2.05) is 29.2 Å². The Labute approximate surface area is 217 Å². The standard InChI is InChI=1S/C25H23Cl2N7O2/c1-36-17-4-2-3-15(11-17)12-21(35)33-7-9-34(10-8-33)24-22-23(31-25(28)32-24)29-14-20(30-22)18-6-5-16(26)13-19(18)27/h2-6,11,13-14H,7-10,12H2,1H3,(H2,28,29,31,32). The van der Waals surface area contributed by atoms with Gasteiger partial charge in [0, 0.05) is 36.8 Å². The first-order valence-corrected chi connectivity index (χ1v) is 12.1. The van der Waals surface area contributed by atoms with Crippen LogP contribution in [-0.2, 0) is 11.2 Å². The summed E-state index contributed by atoms with van der Waals surface area (Å²) in [6.07, 6.45) is 1.92. The lowest BCUT2D eigenvalue weighted by Gasteiger charge is -2.35. The molecule has 0 radical (unpaired) electrons. The number of nitrogens with two attached hydrogens (primary N) is 1. The lowest BCUT2D eigenvalue weighted by molar-refractivity contribution is -0.130. The molecule has 0 atom stereocenters. The highest BCUT2D eigenvalue weighted by Crippen LogP contribution is 2.31. The molecule has 0 unspecified atom stereocenters. The number of ether oxygens (including phenoxy) is 1. The van der Waals surface area contributed by atoms with Crippen LogP contribution in [0.2, 0.25) is 10.0 Å². The Kier molecular flexibility index (Phi) is 6.75. The molecule has 2 aromatic carbocycles. The molecule has 0 aliphatic carbocycles. The number of hydrogen-bond acceptors (Lipinski definition) is 8. The summed E-state index contributed by atoms with van der Waals surface area (Å²) >= 11 is 12.4. The third-order valence-corrected chi connectivity index (χ3v) is 6.58. The van der Waals surface area contributed by atoms with Gasteiger partial charge in [-0.05, 0) is 35.9 Å². The van der Waals surface area contributed by atoms with Crippen LogP contribution in [0.1, 0.15) is 5.56 Å². The normalized spacial score (nSPS) is 13.8. The van der Waals surface area contributed by atoms with Crippen LogP contribution in [0.25, 0.3) is 22.4 Å². The zero-order chi connectivity index (χ0) is 25.2. The van der Waals surface area contributed by atoms with Gasteiger partial charge in [-0.2, -0.15) is 9.97 Å². The fourth-order valence-corrected chi connectivity index (χ4v) is 4.70. The van der Waals surface area contributed by atoms with Crippen molar-refractivity contribution in [2.75, 3.05) is 43.9 Å². The van der Waals surface area contributed by atoms with E-state index in [1.165, 1.54) is 0 Å². The predicted octanol–water partition coefficient (Wildman–Crippen LogP) is 3.88. The number of nitrogen functional groups attached to an aromatic ring is 1. The number of halogens is 2. The molecule has 1 aliphatic rings. The second kappa shape index (κ2) is 10.1. The first-order valence-electron chi connectivity index (χ1n) is 11.3. The number of carbonyl (C=O) groups is 1. The van der Waals surface area contributed by atoms with E-state index in [0.717, 1.165) is 11.3 Å². The van der Waals surface area contributed by atoms with Crippen LogP contribution in [0.5, 0.6) is 5.75 Å². The van der Waals surface area contributed by atoms with E-state index in [1.54, 1.807) is 31.5 Å². The van der Waals surface area contributed by atoms with Gasteiger partial charge in [0.25, 0.3) is 0 Å². The van der Waals surface area contributed by atoms with E-state index in [-0.39, 0.29) is 11.9 Å². The molecule has 3 heterocycles. The quantitative estimate of drug-likeness (QED) is 0.419. The van der Waals surface area contributed by atoms with E-state index in [9.17, 15) is 4.79 Å². The van der Waals surface area contributed by atoms with E-state index in [4.69, 9.17) is 38.7 Å². The summed E-state index contributed by atoms with van der Waals surface area (Å²) in [6, 6.07) is 12.8. The van der Waals surface area contributed by atoms with E-state index in [0.29, 0.717) is 70.9 Å². The van der Waals surface area contributed by atoms with E-state index < -0.39 is 0 Å². The topological polar surface area (TPSA) is 110 Å². The molecule has 0 spiro atoms. The molecule has 2 N–H and O–H groups in total. The summed E-state index contributed by atoms with van der Waals surface area (Å²) in [6.45, 7) is 2.24. The summed E-state index contributed by atoms with van der Waals surface area (Å²) in [5.41, 5.74) is 9.08. The van der Waals surface area contributed by atoms with Gasteiger partial charge < -0.3 is 20.3 Å². The maximum Gasteiger partial charge on any atom is 0.227 e. The smallest absolute Gasteiger partial charge is 0.227 e. The Morgan fingerprint density at radius 1 is 1.06 bits per heavy atom. The van der Waals surface area contributed by atoms with Crippen LogP contribution in [0.3, 0.4) is 0 Å². The van der Waals surface area contributed by atoms with Gasteiger partial charge in [-0.3, -0.25) is 4.79 Å². The molecule has 11 heteroatoms. The number of fused-ring (bicyclic) bond motifs is 1. The fourth-order valence-electron chi connectivity index (χ4n) is 4.19. The van der Waals surface area contributed by atoms with Crippen molar-refractivity contribution in [1.82, 2.24) is 24.8 Å². The number of hydrogen-bond donors (Lipinski definition) is 1. The Balaban J connectivity index is 1.36. The fraction of sp³-hybridized carbons (Fsp3) is 0.240. The van der Waals surface area contributed by atoms with Gasteiger partial charge in [0.05, 0.1) is 30.4 Å². The van der Waals surface area contributed by atoms with Crippen LogP contribution in [-0.4, -0.2) is 64.0 Å². The first-order chi connectivity index (χ1) is 17.4. The second-order valence-corrected chi connectivity index (χ2v) is 9.20. The van der Waals surface area contributed by atoms with Gasteiger partial charge in [0.2, 0.25) is 11.9 Å². The Morgan fingerprint density at radius 2 is 1.86 bits per heavy atom. The molecule has 5 rings (SSSR count). The highest BCUT2D eigenvalue weighted by molar-refractivity contribution is 6.36. The minimum Gasteiger partial charge on any atom is -0.497 e. The molecule has 1 fully saturated rings. The van der Waals surface area contributed by atoms with Crippen molar-refractivity contribution < 1.29 is 9.53 Å². The third kappa shape index (κ3) is 4.98. The average molecular weight is 524 g/mol. The molecule has 0 saturated carbocycles. The van der Waals surface area contributed by atoms with Gasteiger partial charge in [-0.25, -0.2) is 9.97 Å². The van der Waals surface area contributed by atoms with Gasteiger partial charge in [-0.15, -0.1) is 0 Å². The maximum atomic E-state index is 12.9. The second-order valence-electron chi connectivity index (χ2n) is 8.35. The number of nitrogens with zero attached hydrogens (tertiary/aromatic N) is 6. The average Bonchev–Trinajstić information content (AvgIpc) is 2.88. The molecule has 1 amide bonds. The highest BCUT2D eigenvalue weighted by atomic mass is 35.5. The molecule has 184 valence electrons.